The molecular formula is C29H42N2O8. The number of amides is 1. The highest BCUT2D eigenvalue weighted by Gasteiger charge is 2.07. The van der Waals surface area contributed by atoms with Gasteiger partial charge >= 0.3 is 12.1 Å². The molecule has 2 rings (SSSR count). The highest BCUT2D eigenvalue weighted by Crippen LogP contribution is 2.11. The lowest BCUT2D eigenvalue weighted by molar-refractivity contribution is -0.00871. The lowest BCUT2D eigenvalue weighted by atomic mass is 10.2. The molecule has 0 aromatic heterocycles. The van der Waals surface area contributed by atoms with Crippen molar-refractivity contribution >= 4 is 17.7 Å². The van der Waals surface area contributed by atoms with Crippen molar-refractivity contribution < 1.29 is 38.0 Å². The summed E-state index contributed by atoms with van der Waals surface area (Å²) in [6.07, 6.45) is 1.77. The van der Waals surface area contributed by atoms with E-state index in [4.69, 9.17) is 28.4 Å². The zero-order valence-corrected chi connectivity index (χ0v) is 22.9. The molecule has 0 saturated carbocycles. The molecule has 0 aliphatic rings. The number of hydrogen-bond acceptors (Lipinski definition) is 9. The lowest BCUT2D eigenvalue weighted by Crippen LogP contribution is -2.28. The van der Waals surface area contributed by atoms with E-state index in [2.05, 4.69) is 17.6 Å². The van der Waals surface area contributed by atoms with Gasteiger partial charge in [0.15, 0.2) is 0 Å². The fraction of sp³-hybridized carbons (Fsp3) is 0.517. The maximum absolute atomic E-state index is 12.1. The summed E-state index contributed by atoms with van der Waals surface area (Å²) in [5, 5.41) is 5.94. The van der Waals surface area contributed by atoms with Gasteiger partial charge in [0.1, 0.15) is 13.2 Å². The van der Waals surface area contributed by atoms with Crippen LogP contribution in [0.2, 0.25) is 0 Å². The third-order valence-electron chi connectivity index (χ3n) is 5.29. The number of nitrogens with one attached hydrogen (secondary N) is 2. The van der Waals surface area contributed by atoms with E-state index in [9.17, 15) is 9.59 Å². The predicted molar refractivity (Wildman–Crippen MR) is 148 cm³/mol. The zero-order valence-electron chi connectivity index (χ0n) is 22.9. The number of unbranched alkanes of at least 4 members (excludes halogenated alkanes) is 1. The summed E-state index contributed by atoms with van der Waals surface area (Å²) in [4.78, 5) is 23.7. The zero-order chi connectivity index (χ0) is 27.8. The summed E-state index contributed by atoms with van der Waals surface area (Å²) in [5.41, 5.74) is 2.44. The Labute approximate surface area is 231 Å². The molecule has 0 saturated heterocycles. The minimum Gasteiger partial charge on any atom is -0.460 e. The van der Waals surface area contributed by atoms with E-state index in [0.717, 1.165) is 30.6 Å². The molecule has 0 aliphatic carbocycles. The molecule has 0 heterocycles. The minimum absolute atomic E-state index is 0.183. The van der Waals surface area contributed by atoms with Gasteiger partial charge in [-0.2, -0.15) is 0 Å². The number of esters is 1. The Morgan fingerprint density at radius 1 is 0.667 bits per heavy atom. The van der Waals surface area contributed by atoms with Gasteiger partial charge in [-0.15, -0.1) is 0 Å². The second-order valence-electron chi connectivity index (χ2n) is 8.43. The summed E-state index contributed by atoms with van der Waals surface area (Å²) in [7, 11) is 0. The Morgan fingerprint density at radius 3 is 1.87 bits per heavy atom. The highest BCUT2D eigenvalue weighted by molar-refractivity contribution is 5.89. The number of rotatable bonds is 22. The second-order valence-corrected chi connectivity index (χ2v) is 8.43. The fourth-order valence-corrected chi connectivity index (χ4v) is 3.17. The number of benzene rings is 2. The van der Waals surface area contributed by atoms with Crippen LogP contribution in [0.1, 0.15) is 35.7 Å². The Bertz CT molecular complexity index is 896. The minimum atomic E-state index is -0.475. The van der Waals surface area contributed by atoms with Crippen LogP contribution < -0.4 is 10.6 Å². The van der Waals surface area contributed by atoms with Crippen LogP contribution >= 0.6 is 0 Å². The second kappa shape index (κ2) is 21.7. The molecule has 0 fully saturated rings. The van der Waals surface area contributed by atoms with Gasteiger partial charge in [0.25, 0.3) is 0 Å². The Hall–Kier alpha value is -3.18. The van der Waals surface area contributed by atoms with Gasteiger partial charge in [0.05, 0.1) is 58.4 Å². The summed E-state index contributed by atoms with van der Waals surface area (Å²) >= 11 is 0. The van der Waals surface area contributed by atoms with Crippen LogP contribution in [-0.4, -0.2) is 84.6 Å². The summed E-state index contributed by atoms with van der Waals surface area (Å²) < 4.78 is 32.0. The highest BCUT2D eigenvalue weighted by atomic mass is 16.6. The molecule has 2 N–H and O–H groups in total. The van der Waals surface area contributed by atoms with Crippen LogP contribution in [0.5, 0.6) is 0 Å². The Balaban J connectivity index is 1.30. The van der Waals surface area contributed by atoms with Gasteiger partial charge in [0, 0.05) is 18.8 Å². The topological polar surface area (TPSA) is 114 Å². The average Bonchev–Trinajstić information content (AvgIpc) is 2.96. The number of ether oxygens (including phenoxy) is 6. The maximum atomic E-state index is 12.1. The van der Waals surface area contributed by atoms with Gasteiger partial charge in [0.2, 0.25) is 0 Å². The number of hydrogen-bond donors (Lipinski definition) is 2. The van der Waals surface area contributed by atoms with Gasteiger partial charge < -0.3 is 39.1 Å². The molecule has 10 heteroatoms. The van der Waals surface area contributed by atoms with Gasteiger partial charge in [-0.25, -0.2) is 9.59 Å². The van der Waals surface area contributed by atoms with Crippen molar-refractivity contribution in [3.05, 3.63) is 65.7 Å². The average molecular weight is 547 g/mol. The first kappa shape index (κ1) is 32.0. The molecule has 0 bridgehead atoms. The molecule has 0 aliphatic heterocycles. The normalized spacial score (nSPS) is 10.7. The Kier molecular flexibility index (Phi) is 17.8. The molecule has 10 nitrogen and oxygen atoms in total. The van der Waals surface area contributed by atoms with Crippen molar-refractivity contribution in [1.29, 1.82) is 0 Å². The number of anilines is 1. The first-order valence-electron chi connectivity index (χ1n) is 13.5. The largest absolute Gasteiger partial charge is 0.460 e. The molecule has 0 unspecified atom stereocenters. The van der Waals surface area contributed by atoms with E-state index in [1.165, 1.54) is 0 Å². The number of alkyl carbamates (subject to hydrolysis) is 1. The van der Waals surface area contributed by atoms with E-state index in [1.54, 1.807) is 12.1 Å². The quantitative estimate of drug-likeness (QED) is 0.167. The number of carbonyl (C=O) groups is 2. The van der Waals surface area contributed by atoms with Gasteiger partial charge in [-0.05, 0) is 36.2 Å². The van der Waals surface area contributed by atoms with Crippen molar-refractivity contribution in [2.75, 3.05) is 77.9 Å². The smallest absolute Gasteiger partial charge is 0.407 e. The lowest BCUT2D eigenvalue weighted by Gasteiger charge is -2.09. The molecule has 2 aromatic carbocycles. The molecule has 216 valence electrons. The van der Waals surface area contributed by atoms with E-state index < -0.39 is 6.09 Å². The Morgan fingerprint density at radius 2 is 1.26 bits per heavy atom. The van der Waals surface area contributed by atoms with E-state index >= 15 is 0 Å². The fourth-order valence-electron chi connectivity index (χ4n) is 3.17. The third-order valence-corrected chi connectivity index (χ3v) is 5.29. The van der Waals surface area contributed by atoms with Crippen molar-refractivity contribution in [1.82, 2.24) is 5.32 Å². The van der Waals surface area contributed by atoms with Gasteiger partial charge in [-0.3, -0.25) is 0 Å². The molecular weight excluding hydrogens is 504 g/mol. The molecule has 0 atom stereocenters. The molecule has 39 heavy (non-hydrogen) atoms. The first-order chi connectivity index (χ1) is 19.2. The molecule has 2 aromatic rings. The van der Waals surface area contributed by atoms with Crippen LogP contribution in [0.25, 0.3) is 0 Å². The molecule has 0 radical (unpaired) electrons. The monoisotopic (exact) mass is 546 g/mol. The number of carbonyl (C=O) groups excluding carboxylic acids is 2. The van der Waals surface area contributed by atoms with E-state index in [0.29, 0.717) is 65.0 Å². The molecule has 1 amide bonds. The van der Waals surface area contributed by atoms with Crippen molar-refractivity contribution in [3.8, 4) is 0 Å². The summed E-state index contributed by atoms with van der Waals surface area (Å²) in [6, 6.07) is 16.8. The van der Waals surface area contributed by atoms with E-state index in [1.807, 2.05) is 42.5 Å². The van der Waals surface area contributed by atoms with Crippen LogP contribution in [0, 0.1) is 0 Å². The van der Waals surface area contributed by atoms with Crippen molar-refractivity contribution in [3.63, 3.8) is 0 Å². The maximum Gasteiger partial charge on any atom is 0.407 e. The van der Waals surface area contributed by atoms with Crippen LogP contribution in [0.3, 0.4) is 0 Å². The van der Waals surface area contributed by atoms with Crippen LogP contribution in [0.15, 0.2) is 54.6 Å². The van der Waals surface area contributed by atoms with Crippen LogP contribution in [-0.2, 0) is 35.0 Å². The summed E-state index contributed by atoms with van der Waals surface area (Å²) in [6.45, 7) is 7.08. The van der Waals surface area contributed by atoms with Crippen LogP contribution in [0.4, 0.5) is 10.5 Å². The predicted octanol–water partition coefficient (Wildman–Crippen LogP) is 4.05. The molecule has 0 spiro atoms. The summed E-state index contributed by atoms with van der Waals surface area (Å²) in [5.74, 6) is -0.367. The first-order valence-corrected chi connectivity index (χ1v) is 13.5. The van der Waals surface area contributed by atoms with Crippen molar-refractivity contribution in [2.24, 2.45) is 0 Å². The third kappa shape index (κ3) is 16.4. The standard InChI is InChI=1S/C29H42N2O8/c1-2-3-13-30-27-11-9-26(10-12-27)28(32)38-23-22-37-21-20-36-19-18-35-17-16-34-15-14-31-29(33)39-24-25-7-5-4-6-8-25/h4-12,30H,2-3,13-24H2,1H3,(H,31,33). The van der Waals surface area contributed by atoms with E-state index in [-0.39, 0.29) is 19.2 Å². The van der Waals surface area contributed by atoms with Gasteiger partial charge in [-0.1, -0.05) is 43.7 Å². The SMILES string of the molecule is CCCCNc1ccc(C(=O)OCCOCCOCCOCCOCCNC(=O)OCc2ccccc2)cc1. The van der Waals surface area contributed by atoms with Crippen molar-refractivity contribution in [2.45, 2.75) is 26.4 Å².